The minimum absolute atomic E-state index is 0.124. The fourth-order valence-electron chi connectivity index (χ4n) is 9.26. The quantitative estimate of drug-likeness (QED) is 0.117. The molecule has 6 unspecified atom stereocenters. The lowest BCUT2D eigenvalue weighted by atomic mass is 9.51. The summed E-state index contributed by atoms with van der Waals surface area (Å²) in [6.45, 7) is 1.79. The van der Waals surface area contributed by atoms with Crippen molar-refractivity contribution >= 4 is 47.2 Å². The van der Waals surface area contributed by atoms with Crippen molar-refractivity contribution in [3.8, 4) is 23.0 Å². The first-order valence-electron chi connectivity index (χ1n) is 18.0. The van der Waals surface area contributed by atoms with Gasteiger partial charge in [-0.15, -0.1) is 0 Å². The number of imide groups is 2. The number of carbonyl (C=O) groups is 4. The molecule has 3 fully saturated rings. The Labute approximate surface area is 313 Å². The molecule has 0 aromatic heterocycles. The van der Waals surface area contributed by atoms with Crippen LogP contribution in [0.15, 0.2) is 103 Å². The number of fused-ring (bicyclic) bond motifs is 4. The molecule has 274 valence electrons. The maximum Gasteiger partial charge on any atom is 0.241 e. The number of allylic oxidation sites excluding steroid dienone is 2. The summed E-state index contributed by atoms with van der Waals surface area (Å²) in [5.74, 6) is -3.32. The summed E-state index contributed by atoms with van der Waals surface area (Å²) in [6, 6.07) is 26.7. The van der Waals surface area contributed by atoms with E-state index in [-0.39, 0.29) is 48.0 Å². The Morgan fingerprint density at radius 3 is 2.15 bits per heavy atom. The number of hydrogen-bond acceptors (Lipinski definition) is 8. The Morgan fingerprint density at radius 2 is 1.44 bits per heavy atom. The van der Waals surface area contributed by atoms with E-state index in [1.165, 1.54) is 16.9 Å². The van der Waals surface area contributed by atoms with Gasteiger partial charge in [0.1, 0.15) is 11.5 Å². The second-order valence-corrected chi connectivity index (χ2v) is 14.4. The van der Waals surface area contributed by atoms with Crippen molar-refractivity contribution in [2.45, 2.75) is 25.7 Å². The molecule has 1 N–H and O–H groups in total. The van der Waals surface area contributed by atoms with Gasteiger partial charge in [-0.05, 0) is 79.8 Å². The molecule has 4 amide bonds. The summed E-state index contributed by atoms with van der Waals surface area (Å²) < 4.78 is 16.3. The highest BCUT2D eigenvalue weighted by atomic mass is 16.5. The average Bonchev–Trinajstić information content (AvgIpc) is 3.57. The van der Waals surface area contributed by atoms with Crippen molar-refractivity contribution in [2.24, 2.45) is 29.1 Å². The van der Waals surface area contributed by atoms with Crippen LogP contribution in [-0.4, -0.2) is 50.1 Å². The van der Waals surface area contributed by atoms with Gasteiger partial charge in [0.2, 0.25) is 23.6 Å². The van der Waals surface area contributed by atoms with Crippen LogP contribution in [0.1, 0.15) is 42.4 Å². The van der Waals surface area contributed by atoms with Gasteiger partial charge in [-0.2, -0.15) is 0 Å². The number of hydrogen-bond donors (Lipinski definition) is 1. The zero-order chi connectivity index (χ0) is 37.9. The largest absolute Gasteiger partial charge is 0.504 e. The zero-order valence-electron chi connectivity index (χ0n) is 30.4. The number of methoxy groups -OCH3 is 3. The van der Waals surface area contributed by atoms with Crippen LogP contribution in [0.2, 0.25) is 0 Å². The SMILES string of the molecule is COc1ccc(OC)c(C=Cc2ccc(N3C(=O)C4CC=C5C(CC6C(=O)N(c7ccccc7)C(=O)C6(C)C5c5cccc(OC)c5O)C4C3=O)cc2)c1. The molecule has 4 aromatic rings. The van der Waals surface area contributed by atoms with Crippen LogP contribution >= 0.6 is 0 Å². The van der Waals surface area contributed by atoms with Crippen molar-refractivity contribution in [3.05, 3.63) is 119 Å². The van der Waals surface area contributed by atoms with Crippen molar-refractivity contribution in [1.82, 2.24) is 0 Å². The molecule has 10 heteroatoms. The molecule has 6 atom stereocenters. The summed E-state index contributed by atoms with van der Waals surface area (Å²) in [6.07, 6.45) is 6.29. The predicted octanol–water partition coefficient (Wildman–Crippen LogP) is 7.02. The Morgan fingerprint density at radius 1 is 0.722 bits per heavy atom. The molecular weight excluding hydrogens is 684 g/mol. The van der Waals surface area contributed by atoms with Crippen molar-refractivity contribution in [1.29, 1.82) is 0 Å². The number of phenols is 1. The monoisotopic (exact) mass is 724 g/mol. The van der Waals surface area contributed by atoms with Crippen LogP contribution in [0.3, 0.4) is 0 Å². The first-order valence-corrected chi connectivity index (χ1v) is 18.0. The molecule has 0 bridgehead atoms. The van der Waals surface area contributed by atoms with E-state index in [1.807, 2.05) is 54.6 Å². The van der Waals surface area contributed by atoms with Gasteiger partial charge in [0.25, 0.3) is 0 Å². The topological polar surface area (TPSA) is 123 Å². The van der Waals surface area contributed by atoms with Gasteiger partial charge in [0.05, 0.1) is 55.9 Å². The molecule has 2 saturated heterocycles. The number of phenolic OH excluding ortho intramolecular Hbond substituents is 1. The minimum Gasteiger partial charge on any atom is -0.504 e. The fourth-order valence-corrected chi connectivity index (χ4v) is 9.26. The van der Waals surface area contributed by atoms with Gasteiger partial charge in [-0.25, -0.2) is 4.90 Å². The number of ether oxygens (including phenoxy) is 3. The molecule has 8 rings (SSSR count). The van der Waals surface area contributed by atoms with E-state index >= 15 is 0 Å². The van der Waals surface area contributed by atoms with E-state index in [0.717, 1.165) is 16.7 Å². The van der Waals surface area contributed by atoms with Gasteiger partial charge in [0.15, 0.2) is 11.5 Å². The van der Waals surface area contributed by atoms with E-state index in [1.54, 1.807) is 75.7 Å². The molecular formula is C44H40N2O8. The summed E-state index contributed by atoms with van der Waals surface area (Å²) in [4.78, 5) is 60.2. The summed E-state index contributed by atoms with van der Waals surface area (Å²) >= 11 is 0. The van der Waals surface area contributed by atoms with Crippen LogP contribution in [0.25, 0.3) is 12.2 Å². The van der Waals surface area contributed by atoms with E-state index in [2.05, 4.69) is 0 Å². The first-order chi connectivity index (χ1) is 26.1. The van der Waals surface area contributed by atoms with E-state index in [0.29, 0.717) is 28.4 Å². The fraction of sp³-hybridized carbons (Fsp3) is 0.273. The molecule has 0 spiro atoms. The van der Waals surface area contributed by atoms with Crippen molar-refractivity contribution in [2.75, 3.05) is 31.1 Å². The van der Waals surface area contributed by atoms with Crippen molar-refractivity contribution < 1.29 is 38.5 Å². The molecule has 1 saturated carbocycles. The number of benzene rings is 4. The number of rotatable bonds is 8. The maximum absolute atomic E-state index is 14.6. The Balaban J connectivity index is 1.15. The van der Waals surface area contributed by atoms with E-state index < -0.39 is 35.0 Å². The molecule has 0 radical (unpaired) electrons. The standard InChI is InChI=1S/C44H40N2O8/c1-44-34(41(49)46(43(44)51)27-9-6-5-7-10-27)24-33-30(38(44)32-11-8-12-36(54-4)39(32)47)20-21-31-37(33)42(50)45(40(31)48)28-17-14-25(15-18-28)13-16-26-23-29(52-2)19-22-35(26)53-3/h5-20,22-23,31,33-34,37-38,47H,21,24H2,1-4H3. The lowest BCUT2D eigenvalue weighted by Gasteiger charge is -2.49. The van der Waals surface area contributed by atoms with E-state index in [4.69, 9.17) is 14.2 Å². The summed E-state index contributed by atoms with van der Waals surface area (Å²) in [7, 11) is 4.66. The highest BCUT2D eigenvalue weighted by Gasteiger charge is 2.68. The summed E-state index contributed by atoms with van der Waals surface area (Å²) in [5, 5.41) is 11.5. The third kappa shape index (κ3) is 5.22. The first kappa shape index (κ1) is 34.9. The lowest BCUT2D eigenvalue weighted by molar-refractivity contribution is -0.131. The third-order valence-corrected chi connectivity index (χ3v) is 11.9. The molecule has 2 aliphatic heterocycles. The van der Waals surface area contributed by atoms with Crippen molar-refractivity contribution in [3.63, 3.8) is 0 Å². The van der Waals surface area contributed by atoms with E-state index in [9.17, 15) is 24.3 Å². The number of para-hydroxylation sites is 2. The van der Waals surface area contributed by atoms with Gasteiger partial charge < -0.3 is 19.3 Å². The second-order valence-electron chi connectivity index (χ2n) is 14.4. The van der Waals surface area contributed by atoms with Crippen LogP contribution in [0.4, 0.5) is 11.4 Å². The number of aromatic hydroxyl groups is 1. The molecule has 2 aliphatic carbocycles. The van der Waals surface area contributed by atoms with Crippen LogP contribution in [-0.2, 0) is 19.2 Å². The average molecular weight is 725 g/mol. The number of anilines is 2. The Bertz CT molecular complexity index is 2250. The maximum atomic E-state index is 14.6. The number of carbonyl (C=O) groups excluding carboxylic acids is 4. The molecule has 4 aromatic carbocycles. The lowest BCUT2D eigenvalue weighted by Crippen LogP contribution is -2.48. The summed E-state index contributed by atoms with van der Waals surface area (Å²) in [5.41, 5.74) is 2.55. The number of amides is 4. The normalized spacial score (nSPS) is 26.1. The Kier molecular flexibility index (Phi) is 8.63. The molecule has 2 heterocycles. The third-order valence-electron chi connectivity index (χ3n) is 11.9. The number of nitrogens with zero attached hydrogens (tertiary/aromatic N) is 2. The Hall–Kier alpha value is -6.16. The molecule has 4 aliphatic rings. The second kappa shape index (κ2) is 13.4. The highest BCUT2D eigenvalue weighted by molar-refractivity contribution is 6.25. The predicted molar refractivity (Wildman–Crippen MR) is 203 cm³/mol. The molecule has 10 nitrogen and oxygen atoms in total. The highest BCUT2D eigenvalue weighted by Crippen LogP contribution is 2.65. The van der Waals surface area contributed by atoms with Gasteiger partial charge in [-0.3, -0.25) is 24.1 Å². The van der Waals surface area contributed by atoms with Gasteiger partial charge in [-0.1, -0.05) is 66.3 Å². The van der Waals surface area contributed by atoms with Crippen LogP contribution in [0, 0.1) is 29.1 Å². The minimum atomic E-state index is -1.28. The van der Waals surface area contributed by atoms with Gasteiger partial charge in [0, 0.05) is 17.0 Å². The van der Waals surface area contributed by atoms with Crippen LogP contribution in [0.5, 0.6) is 23.0 Å². The van der Waals surface area contributed by atoms with Crippen LogP contribution < -0.4 is 24.0 Å². The van der Waals surface area contributed by atoms with Gasteiger partial charge >= 0.3 is 0 Å². The molecule has 54 heavy (non-hydrogen) atoms. The smallest absolute Gasteiger partial charge is 0.241 e. The zero-order valence-corrected chi connectivity index (χ0v) is 30.4.